The fourth-order valence-corrected chi connectivity index (χ4v) is 4.65. The predicted molar refractivity (Wildman–Crippen MR) is 137 cm³/mol. The van der Waals surface area contributed by atoms with Crippen LogP contribution in [0.25, 0.3) is 33.0 Å². The summed E-state index contributed by atoms with van der Waals surface area (Å²) in [6.45, 7) is 5.35. The molecule has 0 spiro atoms. The second kappa shape index (κ2) is 9.71. The van der Waals surface area contributed by atoms with Gasteiger partial charge in [-0.15, -0.1) is 11.3 Å². The van der Waals surface area contributed by atoms with Crippen molar-refractivity contribution in [3.05, 3.63) is 76.3 Å². The van der Waals surface area contributed by atoms with Gasteiger partial charge in [-0.25, -0.2) is 15.0 Å². The van der Waals surface area contributed by atoms with Crippen LogP contribution in [0, 0.1) is 5.92 Å². The fourth-order valence-electron chi connectivity index (χ4n) is 3.74. The summed E-state index contributed by atoms with van der Waals surface area (Å²) in [5.74, 6) is 2.78. The minimum atomic E-state index is -0.193. The average Bonchev–Trinajstić information content (AvgIpc) is 3.50. The molecular formula is C26H25N5O3S. The Morgan fingerprint density at radius 2 is 2.06 bits per heavy atom. The van der Waals surface area contributed by atoms with Crippen LogP contribution in [0.2, 0.25) is 0 Å². The van der Waals surface area contributed by atoms with Gasteiger partial charge < -0.3 is 19.0 Å². The lowest BCUT2D eigenvalue weighted by Crippen LogP contribution is -2.11. The zero-order valence-electron chi connectivity index (χ0n) is 19.7. The lowest BCUT2D eigenvalue weighted by molar-refractivity contribution is 0.261. The molecule has 1 aromatic carbocycles. The van der Waals surface area contributed by atoms with Crippen molar-refractivity contribution in [2.24, 2.45) is 5.92 Å². The van der Waals surface area contributed by atoms with Gasteiger partial charge in [-0.2, -0.15) is 0 Å². The Labute approximate surface area is 206 Å². The van der Waals surface area contributed by atoms with Gasteiger partial charge in [0, 0.05) is 47.7 Å². The van der Waals surface area contributed by atoms with Gasteiger partial charge in [0.15, 0.2) is 11.6 Å². The summed E-state index contributed by atoms with van der Waals surface area (Å²) in [6.07, 6.45) is 5.32. The predicted octanol–water partition coefficient (Wildman–Crippen LogP) is 5.00. The van der Waals surface area contributed by atoms with Crippen LogP contribution in [0.5, 0.6) is 11.6 Å². The number of ether oxygens (including phenoxy) is 2. The molecule has 4 heterocycles. The second-order valence-corrected chi connectivity index (χ2v) is 9.44. The van der Waals surface area contributed by atoms with Crippen LogP contribution in [0.4, 0.5) is 0 Å². The van der Waals surface area contributed by atoms with Crippen molar-refractivity contribution in [1.82, 2.24) is 24.5 Å². The molecular weight excluding hydrogens is 462 g/mol. The molecule has 0 unspecified atom stereocenters. The molecule has 5 rings (SSSR count). The summed E-state index contributed by atoms with van der Waals surface area (Å²) in [5.41, 5.74) is 3.21. The first-order valence-electron chi connectivity index (χ1n) is 11.3. The van der Waals surface area contributed by atoms with Crippen LogP contribution < -0.4 is 15.0 Å². The molecule has 1 N–H and O–H groups in total. The Morgan fingerprint density at radius 3 is 2.83 bits per heavy atom. The molecule has 4 aromatic heterocycles. The molecule has 0 atom stereocenters. The van der Waals surface area contributed by atoms with Gasteiger partial charge in [-0.3, -0.25) is 4.79 Å². The number of aromatic amines is 1. The molecule has 0 saturated heterocycles. The number of pyridine rings is 1. The largest absolute Gasteiger partial charge is 0.497 e. The summed E-state index contributed by atoms with van der Waals surface area (Å²) < 4.78 is 13.5. The molecule has 0 radical (unpaired) electrons. The van der Waals surface area contributed by atoms with Crippen LogP contribution in [-0.4, -0.2) is 38.2 Å². The molecule has 0 amide bonds. The monoisotopic (exact) mass is 487 g/mol. The highest BCUT2D eigenvalue weighted by Crippen LogP contribution is 2.32. The van der Waals surface area contributed by atoms with Gasteiger partial charge in [-0.05, 0) is 29.7 Å². The topological polar surface area (TPSA) is 94.9 Å². The Kier molecular flexibility index (Phi) is 6.33. The van der Waals surface area contributed by atoms with Crippen LogP contribution in [0.15, 0.2) is 65.2 Å². The third kappa shape index (κ3) is 4.81. The first kappa shape index (κ1) is 22.8. The molecule has 35 heavy (non-hydrogen) atoms. The van der Waals surface area contributed by atoms with Gasteiger partial charge in [0.05, 0.1) is 19.2 Å². The number of hydrogen-bond donors (Lipinski definition) is 1. The maximum absolute atomic E-state index is 12.9. The van der Waals surface area contributed by atoms with E-state index in [4.69, 9.17) is 14.5 Å². The van der Waals surface area contributed by atoms with E-state index >= 15 is 0 Å². The third-order valence-electron chi connectivity index (χ3n) is 5.45. The van der Waals surface area contributed by atoms with E-state index in [9.17, 15) is 4.79 Å². The fraction of sp³-hybridized carbons (Fsp3) is 0.231. The van der Waals surface area contributed by atoms with E-state index in [1.807, 2.05) is 52.5 Å². The SMILES string of the molecule is COc1cccc(Cn2ccnc2-c2nc3c(-c4ccc(OCC(C)C)nc4)csc3c(=O)[nH]2)c1. The standard InChI is InChI=1S/C26H25N5O3S/c1-16(2)14-34-21-8-7-18(12-28-21)20-15-35-23-22(20)29-24(30-26(23)32)25-27-9-10-31(25)13-17-5-4-6-19(11-17)33-3/h4-12,15-16H,13-14H2,1-3H3,(H,29,30,32). The Balaban J connectivity index is 1.49. The van der Waals surface area contributed by atoms with Crippen LogP contribution in [-0.2, 0) is 6.54 Å². The van der Waals surface area contributed by atoms with Gasteiger partial charge >= 0.3 is 0 Å². The molecule has 0 fully saturated rings. The molecule has 0 aliphatic heterocycles. The minimum Gasteiger partial charge on any atom is -0.497 e. The highest BCUT2D eigenvalue weighted by atomic mass is 32.1. The van der Waals surface area contributed by atoms with Crippen molar-refractivity contribution in [1.29, 1.82) is 0 Å². The Morgan fingerprint density at radius 1 is 1.17 bits per heavy atom. The summed E-state index contributed by atoms with van der Waals surface area (Å²) in [7, 11) is 1.64. The van der Waals surface area contributed by atoms with E-state index in [0.29, 0.717) is 46.8 Å². The highest BCUT2D eigenvalue weighted by molar-refractivity contribution is 7.17. The van der Waals surface area contributed by atoms with Crippen molar-refractivity contribution < 1.29 is 9.47 Å². The van der Waals surface area contributed by atoms with Crippen LogP contribution in [0.3, 0.4) is 0 Å². The molecule has 5 aromatic rings. The summed E-state index contributed by atoms with van der Waals surface area (Å²) in [5, 5.41) is 1.94. The number of aromatic nitrogens is 5. The quantitative estimate of drug-likeness (QED) is 0.331. The smallest absolute Gasteiger partial charge is 0.269 e. The zero-order chi connectivity index (χ0) is 24.4. The first-order chi connectivity index (χ1) is 17.0. The minimum absolute atomic E-state index is 0.193. The first-order valence-corrected chi connectivity index (χ1v) is 12.1. The summed E-state index contributed by atoms with van der Waals surface area (Å²) >= 11 is 1.36. The molecule has 0 aliphatic carbocycles. The van der Waals surface area contributed by atoms with E-state index < -0.39 is 0 Å². The molecule has 178 valence electrons. The molecule has 0 bridgehead atoms. The highest BCUT2D eigenvalue weighted by Gasteiger charge is 2.17. The van der Waals surface area contributed by atoms with Gasteiger partial charge in [0.1, 0.15) is 10.4 Å². The number of imidazole rings is 1. The zero-order valence-corrected chi connectivity index (χ0v) is 20.5. The van der Waals surface area contributed by atoms with Gasteiger partial charge in [-0.1, -0.05) is 26.0 Å². The van der Waals surface area contributed by atoms with Crippen molar-refractivity contribution in [3.8, 4) is 34.4 Å². The van der Waals surface area contributed by atoms with E-state index in [0.717, 1.165) is 22.4 Å². The number of rotatable bonds is 8. The van der Waals surface area contributed by atoms with E-state index in [2.05, 4.69) is 28.8 Å². The number of nitrogens with zero attached hydrogens (tertiary/aromatic N) is 4. The number of thiophene rings is 1. The lowest BCUT2D eigenvalue weighted by Gasteiger charge is -2.09. The molecule has 0 saturated carbocycles. The number of methoxy groups -OCH3 is 1. The number of fused-ring (bicyclic) bond motifs is 1. The van der Waals surface area contributed by atoms with Crippen molar-refractivity contribution >= 4 is 21.6 Å². The Hall–Kier alpha value is -3.98. The van der Waals surface area contributed by atoms with E-state index in [1.165, 1.54) is 11.3 Å². The number of benzene rings is 1. The maximum atomic E-state index is 12.9. The van der Waals surface area contributed by atoms with Crippen molar-refractivity contribution in [2.45, 2.75) is 20.4 Å². The van der Waals surface area contributed by atoms with E-state index in [-0.39, 0.29) is 5.56 Å². The third-order valence-corrected chi connectivity index (χ3v) is 6.42. The normalized spacial score (nSPS) is 11.3. The maximum Gasteiger partial charge on any atom is 0.269 e. The van der Waals surface area contributed by atoms with Gasteiger partial charge in [0.25, 0.3) is 5.56 Å². The van der Waals surface area contributed by atoms with Gasteiger partial charge in [0.2, 0.25) is 5.88 Å². The Bertz CT molecular complexity index is 1520. The van der Waals surface area contributed by atoms with E-state index in [1.54, 1.807) is 19.5 Å². The molecule has 8 nitrogen and oxygen atoms in total. The molecule has 0 aliphatic rings. The van der Waals surface area contributed by atoms with Crippen molar-refractivity contribution in [2.75, 3.05) is 13.7 Å². The number of nitrogens with one attached hydrogen (secondary N) is 1. The van der Waals surface area contributed by atoms with Crippen molar-refractivity contribution in [3.63, 3.8) is 0 Å². The average molecular weight is 488 g/mol. The second-order valence-electron chi connectivity index (χ2n) is 8.56. The van der Waals surface area contributed by atoms with Crippen LogP contribution in [0.1, 0.15) is 19.4 Å². The molecule has 9 heteroatoms. The number of H-pyrrole nitrogens is 1. The van der Waals surface area contributed by atoms with Crippen LogP contribution >= 0.6 is 11.3 Å². The number of hydrogen-bond acceptors (Lipinski definition) is 7. The summed E-state index contributed by atoms with van der Waals surface area (Å²) in [6, 6.07) is 11.6. The lowest BCUT2D eigenvalue weighted by atomic mass is 10.1. The summed E-state index contributed by atoms with van der Waals surface area (Å²) in [4.78, 5) is 29.5.